The Morgan fingerprint density at radius 3 is 2.67 bits per heavy atom. The second-order valence-corrected chi connectivity index (χ2v) is 3.47. The van der Waals surface area contributed by atoms with Gasteiger partial charge >= 0.3 is 5.97 Å². The second kappa shape index (κ2) is 4.46. The summed E-state index contributed by atoms with van der Waals surface area (Å²) in [5, 5.41) is 17.4. The molecular weight excluding hydrogens is 225 g/mol. The van der Waals surface area contributed by atoms with Crippen LogP contribution in [0.2, 0.25) is 5.02 Å². The van der Waals surface area contributed by atoms with E-state index in [1.54, 1.807) is 0 Å². The number of nitrogens with two attached hydrogens (primary N) is 1. The van der Waals surface area contributed by atoms with Crippen molar-refractivity contribution in [2.45, 2.75) is 12.5 Å². The largest absolute Gasteiger partial charge is 0.505 e. The Hall–Kier alpha value is -1.33. The molecule has 1 aromatic rings. The molecule has 0 saturated heterocycles. The number of aliphatic carboxylic acids is 1. The molecular formula is C9H9ClFNO3. The molecule has 0 bridgehead atoms. The molecule has 0 heterocycles. The molecule has 0 aliphatic rings. The Bertz CT molecular complexity index is 374. The number of benzene rings is 1. The highest BCUT2D eigenvalue weighted by Gasteiger charge is 2.15. The quantitative estimate of drug-likeness (QED) is 0.731. The van der Waals surface area contributed by atoms with Crippen molar-refractivity contribution >= 4 is 17.6 Å². The average molecular weight is 234 g/mol. The highest BCUT2D eigenvalue weighted by molar-refractivity contribution is 6.30. The van der Waals surface area contributed by atoms with Gasteiger partial charge in [-0.25, -0.2) is 4.39 Å². The number of carboxylic acids is 1. The molecule has 0 aromatic heterocycles. The van der Waals surface area contributed by atoms with E-state index in [0.717, 1.165) is 6.07 Å². The molecule has 0 aliphatic carbocycles. The Morgan fingerprint density at radius 1 is 1.60 bits per heavy atom. The minimum Gasteiger partial charge on any atom is -0.505 e. The number of phenols is 1. The third kappa shape index (κ3) is 2.81. The van der Waals surface area contributed by atoms with Gasteiger partial charge in [-0.1, -0.05) is 11.6 Å². The van der Waals surface area contributed by atoms with Crippen LogP contribution in [0.3, 0.4) is 0 Å². The first-order chi connectivity index (χ1) is 6.91. The molecule has 0 spiro atoms. The zero-order valence-corrected chi connectivity index (χ0v) is 8.33. The van der Waals surface area contributed by atoms with E-state index in [4.69, 9.17) is 27.5 Å². The molecule has 0 fully saturated rings. The predicted molar refractivity (Wildman–Crippen MR) is 52.4 cm³/mol. The molecule has 1 aromatic carbocycles. The molecule has 4 N–H and O–H groups in total. The topological polar surface area (TPSA) is 83.5 Å². The zero-order chi connectivity index (χ0) is 11.6. The van der Waals surface area contributed by atoms with Crippen molar-refractivity contribution < 1.29 is 19.4 Å². The van der Waals surface area contributed by atoms with Crippen LogP contribution in [0.25, 0.3) is 0 Å². The summed E-state index contributed by atoms with van der Waals surface area (Å²) in [5.41, 5.74) is 5.64. The Labute approximate surface area is 90.1 Å². The van der Waals surface area contributed by atoms with Crippen molar-refractivity contribution in [3.63, 3.8) is 0 Å². The van der Waals surface area contributed by atoms with Crippen molar-refractivity contribution in [3.8, 4) is 5.75 Å². The molecule has 0 amide bonds. The summed E-state index contributed by atoms with van der Waals surface area (Å²) in [4.78, 5) is 10.4. The molecule has 1 atom stereocenters. The fraction of sp³-hybridized carbons (Fsp3) is 0.222. The lowest BCUT2D eigenvalue weighted by Gasteiger charge is -2.07. The van der Waals surface area contributed by atoms with Gasteiger partial charge in [0.05, 0.1) is 5.02 Å². The molecule has 0 radical (unpaired) electrons. The molecule has 82 valence electrons. The van der Waals surface area contributed by atoms with Crippen LogP contribution >= 0.6 is 11.6 Å². The maximum absolute atomic E-state index is 12.9. The highest BCUT2D eigenvalue weighted by Crippen LogP contribution is 2.25. The van der Waals surface area contributed by atoms with E-state index in [1.165, 1.54) is 6.07 Å². The van der Waals surface area contributed by atoms with Crippen LogP contribution < -0.4 is 5.73 Å². The molecule has 6 heteroatoms. The first-order valence-electron chi connectivity index (χ1n) is 4.07. The van der Waals surface area contributed by atoms with Crippen LogP contribution in [-0.2, 0) is 11.2 Å². The van der Waals surface area contributed by atoms with E-state index in [2.05, 4.69) is 0 Å². The van der Waals surface area contributed by atoms with E-state index < -0.39 is 23.6 Å². The first kappa shape index (κ1) is 11.7. The van der Waals surface area contributed by atoms with E-state index in [9.17, 15) is 9.18 Å². The number of hydrogen-bond donors (Lipinski definition) is 3. The number of hydrogen-bond acceptors (Lipinski definition) is 3. The fourth-order valence-electron chi connectivity index (χ4n) is 1.09. The van der Waals surface area contributed by atoms with Gasteiger partial charge in [0.2, 0.25) is 0 Å². The summed E-state index contributed by atoms with van der Waals surface area (Å²) in [6.45, 7) is 0. The van der Waals surface area contributed by atoms with Crippen molar-refractivity contribution in [2.75, 3.05) is 0 Å². The average Bonchev–Trinajstić information content (AvgIpc) is 2.13. The van der Waals surface area contributed by atoms with Gasteiger partial charge < -0.3 is 15.9 Å². The minimum absolute atomic E-state index is 0.0249. The lowest BCUT2D eigenvalue weighted by molar-refractivity contribution is -0.138. The lowest BCUT2D eigenvalue weighted by atomic mass is 10.1. The number of rotatable bonds is 3. The fourth-order valence-corrected chi connectivity index (χ4v) is 1.33. The Kier molecular flexibility index (Phi) is 3.49. The van der Waals surface area contributed by atoms with Gasteiger partial charge in [-0.05, 0) is 24.1 Å². The minimum atomic E-state index is -1.17. The number of halogens is 2. The normalized spacial score (nSPS) is 12.5. The van der Waals surface area contributed by atoms with Gasteiger partial charge in [0.25, 0.3) is 0 Å². The monoisotopic (exact) mass is 233 g/mol. The smallest absolute Gasteiger partial charge is 0.320 e. The van der Waals surface area contributed by atoms with Gasteiger partial charge in [0, 0.05) is 0 Å². The predicted octanol–water partition coefficient (Wildman–Crippen LogP) is 1.14. The van der Waals surface area contributed by atoms with E-state index >= 15 is 0 Å². The third-order valence-electron chi connectivity index (χ3n) is 1.84. The first-order valence-corrected chi connectivity index (χ1v) is 4.45. The lowest BCUT2D eigenvalue weighted by Crippen LogP contribution is -2.32. The van der Waals surface area contributed by atoms with Gasteiger partial charge in [-0.3, -0.25) is 4.79 Å². The van der Waals surface area contributed by atoms with Crippen molar-refractivity contribution in [3.05, 3.63) is 28.5 Å². The van der Waals surface area contributed by atoms with Crippen LogP contribution in [0.4, 0.5) is 4.39 Å². The molecule has 15 heavy (non-hydrogen) atoms. The number of carboxylic acid groups (broad SMARTS) is 1. The zero-order valence-electron chi connectivity index (χ0n) is 7.58. The molecule has 1 rings (SSSR count). The van der Waals surface area contributed by atoms with E-state index in [-0.39, 0.29) is 11.4 Å². The van der Waals surface area contributed by atoms with Crippen LogP contribution in [-0.4, -0.2) is 22.2 Å². The van der Waals surface area contributed by atoms with Gasteiger partial charge in [-0.2, -0.15) is 0 Å². The number of aromatic hydroxyl groups is 1. The van der Waals surface area contributed by atoms with Crippen molar-refractivity contribution in [1.29, 1.82) is 0 Å². The third-order valence-corrected chi connectivity index (χ3v) is 2.12. The summed E-state index contributed by atoms with van der Waals surface area (Å²) in [7, 11) is 0. The van der Waals surface area contributed by atoms with Gasteiger partial charge in [-0.15, -0.1) is 0 Å². The maximum atomic E-state index is 12.9. The summed E-state index contributed by atoms with van der Waals surface area (Å²) in [5.74, 6) is -2.71. The van der Waals surface area contributed by atoms with Crippen LogP contribution in [0.1, 0.15) is 5.56 Å². The Balaban J connectivity index is 2.92. The Morgan fingerprint density at radius 2 is 2.20 bits per heavy atom. The van der Waals surface area contributed by atoms with Gasteiger partial charge in [0.1, 0.15) is 6.04 Å². The van der Waals surface area contributed by atoms with Crippen LogP contribution in [0.15, 0.2) is 12.1 Å². The molecule has 0 aliphatic heterocycles. The van der Waals surface area contributed by atoms with Crippen LogP contribution in [0.5, 0.6) is 5.75 Å². The summed E-state index contributed by atoms with van der Waals surface area (Å²) >= 11 is 5.46. The number of phenolic OH excluding ortho intramolecular Hbond substituents is 1. The molecule has 0 saturated carbocycles. The second-order valence-electron chi connectivity index (χ2n) is 3.06. The molecule has 1 unspecified atom stereocenters. The van der Waals surface area contributed by atoms with Crippen LogP contribution in [0, 0.1) is 5.82 Å². The van der Waals surface area contributed by atoms with E-state index in [0.29, 0.717) is 5.56 Å². The van der Waals surface area contributed by atoms with E-state index in [1.807, 2.05) is 0 Å². The SMILES string of the molecule is NC(Cc1cc(O)c(F)c(Cl)c1)C(=O)O. The van der Waals surface area contributed by atoms with Gasteiger partial charge in [0.15, 0.2) is 11.6 Å². The maximum Gasteiger partial charge on any atom is 0.320 e. The highest BCUT2D eigenvalue weighted by atomic mass is 35.5. The number of carbonyl (C=O) groups is 1. The summed E-state index contributed by atoms with van der Waals surface area (Å²) in [6, 6.07) is 1.23. The summed E-state index contributed by atoms with van der Waals surface area (Å²) < 4.78 is 12.9. The standard InChI is InChI=1S/C9H9ClFNO3/c10-5-1-4(2-6(12)9(14)15)3-7(13)8(5)11/h1,3,6,13H,2,12H2,(H,14,15). The van der Waals surface area contributed by atoms with Crippen molar-refractivity contribution in [1.82, 2.24) is 0 Å². The van der Waals surface area contributed by atoms with Crippen molar-refractivity contribution in [2.24, 2.45) is 5.73 Å². The summed E-state index contributed by atoms with van der Waals surface area (Å²) in [6.07, 6.45) is -0.0249. The molecule has 4 nitrogen and oxygen atoms in total.